The largest absolute Gasteiger partial charge is 0.489 e. The fraction of sp³-hybridized carbons (Fsp3) is 0.163. The number of hydrogen-bond donors (Lipinski definition) is 0. The molecular weight excluding hydrogens is 1060 g/mol. The lowest BCUT2D eigenvalue weighted by Crippen LogP contribution is -2.29. The molecule has 0 aromatic heterocycles. The lowest BCUT2D eigenvalue weighted by Gasteiger charge is -2.36. The minimum atomic E-state index is -0.650. The van der Waals surface area contributed by atoms with Gasteiger partial charge in [0.2, 0.25) is 0 Å². The smallest absolute Gasteiger partial charge is 0.119 e. The van der Waals surface area contributed by atoms with Crippen LogP contribution in [0.2, 0.25) is 0 Å². The van der Waals surface area contributed by atoms with Gasteiger partial charge >= 0.3 is 0 Å². The molecule has 12 aromatic carbocycles. The number of nitrogens with zero attached hydrogens (tertiary/aromatic N) is 1. The predicted octanol–water partition coefficient (Wildman–Crippen LogP) is 22.0. The summed E-state index contributed by atoms with van der Waals surface area (Å²) in [6.07, 6.45) is 4.66. The van der Waals surface area contributed by atoms with Crippen molar-refractivity contribution in [2.45, 2.75) is 88.6 Å². The van der Waals surface area contributed by atoms with E-state index in [0.717, 1.165) is 41.2 Å². The quantitative estimate of drug-likeness (QED) is 0.0901. The van der Waals surface area contributed by atoms with E-state index in [-0.39, 0.29) is 0 Å². The topological polar surface area (TPSA) is 12.5 Å². The van der Waals surface area contributed by atoms with Crippen LogP contribution in [0, 0.1) is 0 Å². The lowest BCUT2D eigenvalue weighted by atomic mass is 9.67. The fourth-order valence-corrected chi connectivity index (χ4v) is 15.2. The molecular formula is C86H73NO. The molecule has 0 N–H and O–H groups in total. The second-order valence-electron chi connectivity index (χ2n) is 25.1. The van der Waals surface area contributed by atoms with Crippen molar-refractivity contribution in [3.8, 4) is 39.1 Å². The van der Waals surface area contributed by atoms with Gasteiger partial charge in [0.05, 0.1) is 10.8 Å². The van der Waals surface area contributed by atoms with Gasteiger partial charge in [-0.2, -0.15) is 0 Å². The first-order chi connectivity index (χ1) is 43.3. The first kappa shape index (κ1) is 54.9. The third kappa shape index (κ3) is 9.32. The van der Waals surface area contributed by atoms with Crippen LogP contribution in [-0.2, 0) is 30.3 Å². The van der Waals surface area contributed by atoms with Gasteiger partial charge in [-0.05, 0) is 203 Å². The summed E-state index contributed by atoms with van der Waals surface area (Å²) in [6.45, 7) is 9.76. The molecule has 2 heteroatoms. The molecule has 2 nitrogen and oxygen atoms in total. The van der Waals surface area contributed by atoms with Gasteiger partial charge in [-0.15, -0.1) is 0 Å². The molecule has 3 aliphatic rings. The van der Waals surface area contributed by atoms with Crippen LogP contribution in [0.5, 0.6) is 5.75 Å². The maximum Gasteiger partial charge on any atom is 0.119 e. The highest BCUT2D eigenvalue weighted by atomic mass is 16.5. The number of anilines is 3. The van der Waals surface area contributed by atoms with Crippen LogP contribution in [0.3, 0.4) is 0 Å². The van der Waals surface area contributed by atoms with Gasteiger partial charge in [0.15, 0.2) is 0 Å². The van der Waals surface area contributed by atoms with Crippen LogP contribution in [0.25, 0.3) is 33.4 Å². The first-order valence-electron chi connectivity index (χ1n) is 31.9. The van der Waals surface area contributed by atoms with Crippen LogP contribution in [-0.4, -0.2) is 0 Å². The van der Waals surface area contributed by atoms with Crippen LogP contribution < -0.4 is 9.64 Å². The van der Waals surface area contributed by atoms with Crippen molar-refractivity contribution >= 4 is 17.1 Å². The number of fused-ring (bicyclic) bond motifs is 7. The molecule has 0 fully saturated rings. The van der Waals surface area contributed by atoms with Crippen molar-refractivity contribution in [1.29, 1.82) is 0 Å². The standard InChI is InChI=1S/C86H73NO/c1-5-61(64-33-35-65(36-34-64)67-39-37-66-38-40-68(66)54-67)53-59(4)63-31-29-60(30-32-63)57-88-76-49-45-72(46-50-76)86(71-43-41-62(42-44-71)58(2)3)82-28-18-16-26-78(82)80-52-48-75(56-84(80)86)87(73-23-13-8-14-24-73)74-47-51-79-77-25-15-17-27-81(77)85(83(79)55-74,69-19-9-6-10-20-69)70-21-11-7-12-22-70/h6-37,39,41-52,54-56,58-59,61H,5,38,40,53,57H2,1-4H3. The van der Waals surface area contributed by atoms with E-state index >= 15 is 0 Å². The van der Waals surface area contributed by atoms with Crippen molar-refractivity contribution in [3.05, 3.63) is 369 Å². The zero-order valence-corrected chi connectivity index (χ0v) is 50.8. The van der Waals surface area contributed by atoms with Crippen LogP contribution in [0.4, 0.5) is 17.1 Å². The van der Waals surface area contributed by atoms with Gasteiger partial charge in [-0.1, -0.05) is 270 Å². The molecule has 0 saturated heterocycles. The molecule has 3 unspecified atom stereocenters. The van der Waals surface area contributed by atoms with E-state index in [9.17, 15) is 0 Å². The van der Waals surface area contributed by atoms with E-state index in [1.807, 2.05) is 0 Å². The van der Waals surface area contributed by atoms with E-state index in [1.165, 1.54) is 119 Å². The van der Waals surface area contributed by atoms with Crippen LogP contribution in [0.1, 0.15) is 136 Å². The van der Waals surface area contributed by atoms with Crippen LogP contribution in [0.15, 0.2) is 291 Å². The number of para-hydroxylation sites is 1. The van der Waals surface area contributed by atoms with Crippen LogP contribution >= 0.6 is 0 Å². The van der Waals surface area contributed by atoms with Gasteiger partial charge in [-0.3, -0.25) is 0 Å². The Bertz CT molecular complexity index is 4430. The van der Waals surface area contributed by atoms with E-state index in [2.05, 4.69) is 324 Å². The second kappa shape index (κ2) is 22.8. The van der Waals surface area contributed by atoms with Crippen molar-refractivity contribution in [2.75, 3.05) is 4.90 Å². The third-order valence-corrected chi connectivity index (χ3v) is 20.0. The maximum absolute atomic E-state index is 6.69. The highest BCUT2D eigenvalue weighted by Gasteiger charge is 2.48. The molecule has 0 radical (unpaired) electrons. The molecule has 0 amide bonds. The molecule has 3 atom stereocenters. The molecule has 0 heterocycles. The van der Waals surface area contributed by atoms with Crippen molar-refractivity contribution in [1.82, 2.24) is 0 Å². The molecule has 15 rings (SSSR count). The Balaban J connectivity index is 0.765. The Morgan fingerprint density at radius 1 is 0.375 bits per heavy atom. The number of rotatable bonds is 17. The lowest BCUT2D eigenvalue weighted by molar-refractivity contribution is 0.306. The highest BCUT2D eigenvalue weighted by Crippen LogP contribution is 2.60. The fourth-order valence-electron chi connectivity index (χ4n) is 15.2. The number of hydrogen-bond acceptors (Lipinski definition) is 2. The minimum Gasteiger partial charge on any atom is -0.489 e. The molecule has 0 saturated carbocycles. The van der Waals surface area contributed by atoms with Gasteiger partial charge in [-0.25, -0.2) is 0 Å². The first-order valence-corrected chi connectivity index (χ1v) is 31.9. The average molecular weight is 1140 g/mol. The summed E-state index contributed by atoms with van der Waals surface area (Å²) < 4.78 is 6.69. The van der Waals surface area contributed by atoms with E-state index in [1.54, 1.807) is 0 Å². The Morgan fingerprint density at radius 3 is 1.36 bits per heavy atom. The average Bonchev–Trinajstić information content (AvgIpc) is 1.54. The summed E-state index contributed by atoms with van der Waals surface area (Å²) in [5.74, 6) is 2.17. The number of aryl methyl sites for hydroxylation is 2. The molecule has 0 bridgehead atoms. The Hall–Kier alpha value is -9.76. The van der Waals surface area contributed by atoms with Gasteiger partial charge in [0.25, 0.3) is 0 Å². The number of ether oxygens (including phenoxy) is 1. The second-order valence-corrected chi connectivity index (χ2v) is 25.1. The molecule has 0 spiro atoms. The van der Waals surface area contributed by atoms with E-state index in [0.29, 0.717) is 24.4 Å². The highest BCUT2D eigenvalue weighted by molar-refractivity contribution is 5.92. The molecule has 3 aliphatic carbocycles. The molecule has 88 heavy (non-hydrogen) atoms. The summed E-state index contributed by atoms with van der Waals surface area (Å²) in [4.78, 5) is 2.47. The van der Waals surface area contributed by atoms with Crippen molar-refractivity contribution < 1.29 is 4.74 Å². The van der Waals surface area contributed by atoms with Crippen molar-refractivity contribution in [2.24, 2.45) is 0 Å². The van der Waals surface area contributed by atoms with E-state index < -0.39 is 10.8 Å². The molecule has 0 aliphatic heterocycles. The Morgan fingerprint density at radius 2 is 0.841 bits per heavy atom. The minimum absolute atomic E-state index is 0.399. The monoisotopic (exact) mass is 1140 g/mol. The van der Waals surface area contributed by atoms with E-state index in [4.69, 9.17) is 4.74 Å². The summed E-state index contributed by atoms with van der Waals surface area (Å²) in [7, 11) is 0. The van der Waals surface area contributed by atoms with Crippen molar-refractivity contribution in [3.63, 3.8) is 0 Å². The van der Waals surface area contributed by atoms with Gasteiger partial charge in [0.1, 0.15) is 12.4 Å². The zero-order valence-electron chi connectivity index (χ0n) is 50.8. The zero-order chi connectivity index (χ0) is 59.3. The summed E-state index contributed by atoms with van der Waals surface area (Å²) in [5, 5.41) is 0. The van der Waals surface area contributed by atoms with Gasteiger partial charge in [0, 0.05) is 17.1 Å². The molecule has 428 valence electrons. The Labute approximate surface area is 520 Å². The maximum atomic E-state index is 6.69. The number of benzene rings is 12. The summed E-state index contributed by atoms with van der Waals surface area (Å²) in [6, 6.07) is 110. The molecule has 12 aromatic rings. The normalized spacial score (nSPS) is 15.5. The SMILES string of the molecule is CCC(CC(C)c1ccc(COc2ccc(C3(c4ccc(C(C)C)cc4)c4ccccc4-c4ccc(N(c5ccccc5)c5ccc6c(c5)C(c5ccccc5)(c5ccccc5)c5ccccc5-6)cc43)cc2)cc1)c1ccc(-c2ccc3c(c2)CC3)cc1. The third-order valence-electron chi connectivity index (χ3n) is 20.0. The van der Waals surface area contributed by atoms with Gasteiger partial charge < -0.3 is 9.64 Å². The predicted molar refractivity (Wildman–Crippen MR) is 366 cm³/mol. The Kier molecular flexibility index (Phi) is 14.2. The summed E-state index contributed by atoms with van der Waals surface area (Å²) in [5.41, 5.74) is 28.1. The summed E-state index contributed by atoms with van der Waals surface area (Å²) >= 11 is 0.